The SMILES string of the molecule is Cc1ccncc1-c1nc(Nc2ccncc2-c2nc(N)c3cnc(NC(=O)[C@@H]4C[C@H]4CC#N)cc3c2Cl)c2cnc(NC(=O)[C@H]3C[C@@H]3CC#N)cc2c1Cl. The molecule has 8 rings (SSSR count). The number of nitrogens with zero attached hydrogens (tertiary/aromatic N) is 8. The maximum absolute atomic E-state index is 13.0. The molecule has 272 valence electrons. The molecule has 14 nitrogen and oxygen atoms in total. The Morgan fingerprint density at radius 2 is 1.33 bits per heavy atom. The summed E-state index contributed by atoms with van der Waals surface area (Å²) in [6.45, 7) is 1.93. The minimum atomic E-state index is -0.238. The molecule has 2 amide bonds. The van der Waals surface area contributed by atoms with Crippen molar-refractivity contribution in [1.82, 2.24) is 29.9 Å². The third kappa shape index (κ3) is 6.89. The van der Waals surface area contributed by atoms with Crippen molar-refractivity contribution >= 4 is 85.5 Å². The lowest BCUT2D eigenvalue weighted by atomic mass is 10.0. The van der Waals surface area contributed by atoms with Gasteiger partial charge in [0.15, 0.2) is 0 Å². The molecule has 6 heterocycles. The van der Waals surface area contributed by atoms with Crippen LogP contribution in [0.2, 0.25) is 10.0 Å². The summed E-state index contributed by atoms with van der Waals surface area (Å²) < 4.78 is 0. The number of nitrogens with two attached hydrogens (primary N) is 1. The first-order valence-electron chi connectivity index (χ1n) is 17.4. The molecule has 0 bridgehead atoms. The number of nitrogen functional groups attached to an aromatic ring is 1. The van der Waals surface area contributed by atoms with Crippen molar-refractivity contribution in [2.75, 3.05) is 21.7 Å². The zero-order chi connectivity index (χ0) is 38.4. The highest BCUT2D eigenvalue weighted by Crippen LogP contribution is 2.45. The lowest BCUT2D eigenvalue weighted by Gasteiger charge is -2.18. The van der Waals surface area contributed by atoms with Crippen molar-refractivity contribution in [3.63, 3.8) is 0 Å². The van der Waals surface area contributed by atoms with E-state index in [2.05, 4.69) is 53.0 Å². The molecule has 0 aromatic carbocycles. The first-order chi connectivity index (χ1) is 26.6. The van der Waals surface area contributed by atoms with E-state index in [0.29, 0.717) is 97.9 Å². The molecule has 0 spiro atoms. The minimum Gasteiger partial charge on any atom is -0.383 e. The molecule has 6 aromatic heterocycles. The number of carbonyl (C=O) groups excluding carboxylic acids is 2. The average Bonchev–Trinajstić information content (AvgIpc) is 4.12. The average molecular weight is 770 g/mol. The quantitative estimate of drug-likeness (QED) is 0.106. The number of pyridine rings is 6. The molecule has 4 atom stereocenters. The standard InChI is InChI=1S/C39H30Cl2N12O2/c1-18-4-8-45-14-25(18)34-33(41)24-13-31(51-39(55)22-11-20(22)3-7-43)48-17-27(24)37(53-34)49-29-5-9-46-15-28(29)35-32(40)23-12-30(47-16-26(23)36(44)52-35)50-38(54)21-10-19(21)2-6-42/h4-5,8-9,12-17,19-22H,2-3,10-11H2,1H3,(H2,44,52)(H,46,49,53)(H,47,50,54)(H,48,51,55)/t19-,20+,21-,22+/m1/s1. The normalized spacial score (nSPS) is 18.3. The molecule has 6 aromatic rings. The summed E-state index contributed by atoms with van der Waals surface area (Å²) in [6, 6.07) is 11.2. The topological polar surface area (TPSA) is 221 Å². The van der Waals surface area contributed by atoms with Gasteiger partial charge in [0.05, 0.1) is 39.3 Å². The van der Waals surface area contributed by atoms with Gasteiger partial charge < -0.3 is 21.7 Å². The first-order valence-corrected chi connectivity index (χ1v) is 18.1. The zero-order valence-electron chi connectivity index (χ0n) is 29.1. The highest BCUT2D eigenvalue weighted by Gasteiger charge is 2.43. The van der Waals surface area contributed by atoms with E-state index < -0.39 is 0 Å². The minimum absolute atomic E-state index is 0.0422. The fraction of sp³-hybridized carbons (Fsp3) is 0.231. The number of rotatable bonds is 10. The first kappa shape index (κ1) is 35.5. The van der Waals surface area contributed by atoms with Crippen LogP contribution < -0.4 is 21.7 Å². The summed E-state index contributed by atoms with van der Waals surface area (Å²) in [5, 5.41) is 29.9. The molecular weight excluding hydrogens is 739 g/mol. The van der Waals surface area contributed by atoms with Gasteiger partial charge >= 0.3 is 0 Å². The number of fused-ring (bicyclic) bond motifs is 2. The molecule has 2 aliphatic carbocycles. The Labute approximate surface area is 324 Å². The predicted octanol–water partition coefficient (Wildman–Crippen LogP) is 7.61. The Bertz CT molecular complexity index is 2660. The summed E-state index contributed by atoms with van der Waals surface area (Å²) in [5.74, 6) is 0.369. The van der Waals surface area contributed by atoms with Crippen LogP contribution in [0.5, 0.6) is 0 Å². The van der Waals surface area contributed by atoms with Gasteiger partial charge in [-0.15, -0.1) is 0 Å². The Morgan fingerprint density at radius 1 is 0.782 bits per heavy atom. The van der Waals surface area contributed by atoms with Gasteiger partial charge in [-0.2, -0.15) is 10.5 Å². The van der Waals surface area contributed by atoms with Crippen LogP contribution in [0.15, 0.2) is 61.4 Å². The summed E-state index contributed by atoms with van der Waals surface area (Å²) in [5.41, 5.74) is 9.86. The van der Waals surface area contributed by atoms with Crippen LogP contribution in [-0.2, 0) is 9.59 Å². The number of nitrogens with one attached hydrogen (secondary N) is 3. The van der Waals surface area contributed by atoms with Crippen LogP contribution in [-0.4, -0.2) is 41.7 Å². The molecule has 0 radical (unpaired) electrons. The third-order valence-electron chi connectivity index (χ3n) is 10.0. The number of hydrogen-bond acceptors (Lipinski definition) is 12. The van der Waals surface area contributed by atoms with Crippen LogP contribution in [0.4, 0.5) is 29.0 Å². The maximum Gasteiger partial charge on any atom is 0.228 e. The summed E-state index contributed by atoms with van der Waals surface area (Å²) >= 11 is 14.2. The number of anilines is 5. The van der Waals surface area contributed by atoms with E-state index in [4.69, 9.17) is 44.4 Å². The van der Waals surface area contributed by atoms with Crippen LogP contribution in [0.1, 0.15) is 31.2 Å². The van der Waals surface area contributed by atoms with E-state index in [-0.39, 0.29) is 46.3 Å². The molecule has 5 N–H and O–H groups in total. The Morgan fingerprint density at radius 3 is 1.93 bits per heavy atom. The maximum atomic E-state index is 13.0. The number of halogens is 2. The molecule has 2 aliphatic rings. The molecule has 55 heavy (non-hydrogen) atoms. The predicted molar refractivity (Wildman–Crippen MR) is 209 cm³/mol. The van der Waals surface area contributed by atoms with Crippen LogP contribution in [0, 0.1) is 53.3 Å². The second-order valence-corrected chi connectivity index (χ2v) is 14.4. The fourth-order valence-corrected chi connectivity index (χ4v) is 7.36. The number of hydrogen-bond donors (Lipinski definition) is 4. The second-order valence-electron chi connectivity index (χ2n) is 13.7. The molecule has 2 saturated carbocycles. The smallest absolute Gasteiger partial charge is 0.228 e. The summed E-state index contributed by atoms with van der Waals surface area (Å²) in [6.07, 6.45) is 11.6. The number of carbonyl (C=O) groups is 2. The van der Waals surface area contributed by atoms with Gasteiger partial charge in [0.1, 0.15) is 23.3 Å². The fourth-order valence-electron chi connectivity index (χ4n) is 6.75. The second kappa shape index (κ2) is 14.4. The highest BCUT2D eigenvalue weighted by molar-refractivity contribution is 6.39. The van der Waals surface area contributed by atoms with Crippen molar-refractivity contribution in [3.8, 4) is 34.7 Å². The van der Waals surface area contributed by atoms with Crippen LogP contribution in [0.25, 0.3) is 44.1 Å². The van der Waals surface area contributed by atoms with Crippen molar-refractivity contribution in [2.45, 2.75) is 32.6 Å². The van der Waals surface area contributed by atoms with E-state index in [1.807, 2.05) is 13.0 Å². The summed E-state index contributed by atoms with van der Waals surface area (Å²) in [7, 11) is 0. The number of nitriles is 2. The monoisotopic (exact) mass is 768 g/mol. The van der Waals surface area contributed by atoms with Gasteiger partial charge in [-0.25, -0.2) is 19.9 Å². The van der Waals surface area contributed by atoms with Gasteiger partial charge in [0.2, 0.25) is 11.8 Å². The van der Waals surface area contributed by atoms with Crippen molar-refractivity contribution in [2.24, 2.45) is 23.7 Å². The lowest BCUT2D eigenvalue weighted by molar-refractivity contribution is -0.118. The van der Waals surface area contributed by atoms with E-state index in [1.165, 1.54) is 6.20 Å². The van der Waals surface area contributed by atoms with Gasteiger partial charge in [0, 0.05) is 94.5 Å². The molecule has 0 aliphatic heterocycles. The van der Waals surface area contributed by atoms with E-state index in [0.717, 1.165) is 5.56 Å². The number of aryl methyl sites for hydroxylation is 1. The van der Waals surface area contributed by atoms with Gasteiger partial charge in [-0.05, 0) is 61.4 Å². The number of aromatic nitrogens is 6. The largest absolute Gasteiger partial charge is 0.383 e. The van der Waals surface area contributed by atoms with Crippen LogP contribution >= 0.6 is 23.2 Å². The highest BCUT2D eigenvalue weighted by atomic mass is 35.5. The third-order valence-corrected chi connectivity index (χ3v) is 10.8. The van der Waals surface area contributed by atoms with E-state index in [9.17, 15) is 9.59 Å². The Hall–Kier alpha value is -6.48. The van der Waals surface area contributed by atoms with E-state index >= 15 is 0 Å². The zero-order valence-corrected chi connectivity index (χ0v) is 30.7. The Balaban J connectivity index is 1.18. The molecule has 0 unspecified atom stereocenters. The van der Waals surface area contributed by atoms with Gasteiger partial charge in [-0.3, -0.25) is 19.6 Å². The van der Waals surface area contributed by atoms with Crippen molar-refractivity contribution in [3.05, 3.63) is 77.1 Å². The molecule has 0 saturated heterocycles. The van der Waals surface area contributed by atoms with Crippen LogP contribution in [0.3, 0.4) is 0 Å². The number of amides is 2. The molecule has 16 heteroatoms. The Kier molecular flexibility index (Phi) is 9.30. The van der Waals surface area contributed by atoms with Gasteiger partial charge in [0.25, 0.3) is 0 Å². The molecule has 2 fully saturated rings. The van der Waals surface area contributed by atoms with Crippen molar-refractivity contribution < 1.29 is 9.59 Å². The lowest BCUT2D eigenvalue weighted by Crippen LogP contribution is -2.15. The molecular formula is C39H30Cl2N12O2. The van der Waals surface area contributed by atoms with Gasteiger partial charge in [-0.1, -0.05) is 23.2 Å². The summed E-state index contributed by atoms with van der Waals surface area (Å²) in [4.78, 5) is 53.0. The van der Waals surface area contributed by atoms with E-state index in [1.54, 1.807) is 49.2 Å². The van der Waals surface area contributed by atoms with Crippen molar-refractivity contribution in [1.29, 1.82) is 10.5 Å².